The summed E-state index contributed by atoms with van der Waals surface area (Å²) < 4.78 is 4.84. The zero-order valence-corrected chi connectivity index (χ0v) is 12.7. The van der Waals surface area contributed by atoms with Gasteiger partial charge < -0.3 is 20.1 Å². The van der Waals surface area contributed by atoms with Gasteiger partial charge >= 0.3 is 5.97 Å². The predicted octanol–water partition coefficient (Wildman–Crippen LogP) is 0.956. The number of carbonyl (C=O) groups is 2. The van der Waals surface area contributed by atoms with Crippen molar-refractivity contribution >= 4 is 23.3 Å². The lowest BCUT2D eigenvalue weighted by Gasteiger charge is -2.20. The summed E-state index contributed by atoms with van der Waals surface area (Å²) in [5.41, 5.74) is 0.230. The largest absolute Gasteiger partial charge is 0.480 e. The number of anilines is 1. The lowest BCUT2D eigenvalue weighted by molar-refractivity contribution is -0.384. The van der Waals surface area contributed by atoms with Gasteiger partial charge in [-0.1, -0.05) is 12.1 Å². The van der Waals surface area contributed by atoms with Gasteiger partial charge in [-0.3, -0.25) is 19.7 Å². The topological polar surface area (TPSA) is 122 Å². The molecule has 0 aliphatic rings. The SMILES string of the molecule is COCCN(CC(=O)O)C(=O)CCNc1ccccc1[N+](=O)[O-]. The van der Waals surface area contributed by atoms with Gasteiger partial charge in [-0.25, -0.2) is 0 Å². The lowest BCUT2D eigenvalue weighted by Crippen LogP contribution is -2.38. The molecule has 1 aromatic carbocycles. The van der Waals surface area contributed by atoms with Crippen LogP contribution in [0.2, 0.25) is 0 Å². The number of rotatable bonds is 10. The summed E-state index contributed by atoms with van der Waals surface area (Å²) in [5.74, 6) is -1.48. The van der Waals surface area contributed by atoms with E-state index >= 15 is 0 Å². The molecule has 23 heavy (non-hydrogen) atoms. The van der Waals surface area contributed by atoms with E-state index in [9.17, 15) is 19.7 Å². The number of carbonyl (C=O) groups excluding carboxylic acids is 1. The number of aliphatic carboxylic acids is 1. The number of methoxy groups -OCH3 is 1. The Labute approximate surface area is 133 Å². The van der Waals surface area contributed by atoms with Crippen LogP contribution in [0, 0.1) is 10.1 Å². The van der Waals surface area contributed by atoms with E-state index in [0.717, 1.165) is 0 Å². The Morgan fingerprint density at radius 3 is 2.70 bits per heavy atom. The highest BCUT2D eigenvalue weighted by molar-refractivity contribution is 5.81. The third-order valence-corrected chi connectivity index (χ3v) is 3.00. The zero-order valence-electron chi connectivity index (χ0n) is 12.7. The van der Waals surface area contributed by atoms with Crippen LogP contribution in [-0.2, 0) is 14.3 Å². The number of nitrogens with zero attached hydrogens (tertiary/aromatic N) is 2. The van der Waals surface area contributed by atoms with Crippen LogP contribution in [0.4, 0.5) is 11.4 Å². The van der Waals surface area contributed by atoms with Gasteiger partial charge in [-0.05, 0) is 6.07 Å². The first kappa shape index (κ1) is 18.4. The molecule has 126 valence electrons. The van der Waals surface area contributed by atoms with Crippen molar-refractivity contribution < 1.29 is 24.4 Å². The molecule has 0 heterocycles. The Hall–Kier alpha value is -2.68. The van der Waals surface area contributed by atoms with Crippen molar-refractivity contribution in [2.24, 2.45) is 0 Å². The third kappa shape index (κ3) is 6.30. The molecule has 1 rings (SSSR count). The summed E-state index contributed by atoms with van der Waals surface area (Å²) in [5, 5.41) is 22.5. The number of amides is 1. The van der Waals surface area contributed by atoms with Crippen molar-refractivity contribution in [3.05, 3.63) is 34.4 Å². The van der Waals surface area contributed by atoms with Gasteiger partial charge in [-0.2, -0.15) is 0 Å². The molecule has 2 N–H and O–H groups in total. The fourth-order valence-corrected chi connectivity index (χ4v) is 1.90. The molecule has 0 saturated carbocycles. The molecule has 0 radical (unpaired) electrons. The van der Waals surface area contributed by atoms with Gasteiger partial charge in [0.05, 0.1) is 11.5 Å². The molecular formula is C14H19N3O6. The first-order valence-electron chi connectivity index (χ1n) is 6.91. The first-order valence-corrected chi connectivity index (χ1v) is 6.91. The van der Waals surface area contributed by atoms with Crippen LogP contribution in [0.15, 0.2) is 24.3 Å². The fraction of sp³-hybridized carbons (Fsp3) is 0.429. The first-order chi connectivity index (χ1) is 11.0. The molecule has 0 aromatic heterocycles. The molecule has 0 spiro atoms. The van der Waals surface area contributed by atoms with Crippen LogP contribution >= 0.6 is 0 Å². The Morgan fingerprint density at radius 2 is 2.09 bits per heavy atom. The fourth-order valence-electron chi connectivity index (χ4n) is 1.90. The van der Waals surface area contributed by atoms with Crippen molar-refractivity contribution in [2.75, 3.05) is 38.7 Å². The van der Waals surface area contributed by atoms with Crippen LogP contribution < -0.4 is 5.32 Å². The summed E-state index contributed by atoms with van der Waals surface area (Å²) >= 11 is 0. The third-order valence-electron chi connectivity index (χ3n) is 3.00. The van der Waals surface area contributed by atoms with E-state index in [1.165, 1.54) is 18.1 Å². The van der Waals surface area contributed by atoms with Crippen molar-refractivity contribution in [1.82, 2.24) is 4.90 Å². The molecule has 9 heteroatoms. The van der Waals surface area contributed by atoms with Gasteiger partial charge in [0.2, 0.25) is 5.91 Å². The number of benzene rings is 1. The number of ether oxygens (including phenoxy) is 1. The van der Waals surface area contributed by atoms with E-state index < -0.39 is 17.4 Å². The Bertz CT molecular complexity index is 563. The maximum Gasteiger partial charge on any atom is 0.323 e. The lowest BCUT2D eigenvalue weighted by atomic mass is 10.2. The van der Waals surface area contributed by atoms with Gasteiger partial charge in [0.1, 0.15) is 12.2 Å². The average Bonchev–Trinajstić information content (AvgIpc) is 2.51. The molecule has 9 nitrogen and oxygen atoms in total. The predicted molar refractivity (Wildman–Crippen MR) is 82.3 cm³/mol. The number of carboxylic acids is 1. The minimum atomic E-state index is -1.11. The van der Waals surface area contributed by atoms with E-state index in [1.807, 2.05) is 0 Å². The van der Waals surface area contributed by atoms with Gasteiger partial charge in [0, 0.05) is 32.7 Å². The molecule has 1 aromatic rings. The minimum Gasteiger partial charge on any atom is -0.480 e. The number of hydrogen-bond donors (Lipinski definition) is 2. The summed E-state index contributed by atoms with van der Waals surface area (Å²) in [7, 11) is 1.46. The van der Waals surface area contributed by atoms with Crippen LogP contribution in [0.25, 0.3) is 0 Å². The van der Waals surface area contributed by atoms with E-state index in [4.69, 9.17) is 9.84 Å². The highest BCUT2D eigenvalue weighted by Gasteiger charge is 2.17. The van der Waals surface area contributed by atoms with Gasteiger partial charge in [-0.15, -0.1) is 0 Å². The molecule has 0 atom stereocenters. The van der Waals surface area contributed by atoms with E-state index in [0.29, 0.717) is 5.69 Å². The van der Waals surface area contributed by atoms with Crippen LogP contribution in [0.1, 0.15) is 6.42 Å². The second-order valence-electron chi connectivity index (χ2n) is 4.65. The summed E-state index contributed by atoms with van der Waals surface area (Å²) in [4.78, 5) is 34.3. The number of para-hydroxylation sites is 2. The molecule has 0 unspecified atom stereocenters. The number of nitro benzene ring substituents is 1. The average molecular weight is 325 g/mol. The number of carboxylic acid groups (broad SMARTS) is 1. The molecule has 0 bridgehead atoms. The highest BCUT2D eigenvalue weighted by Crippen LogP contribution is 2.22. The Kier molecular flexibility index (Phi) is 7.48. The van der Waals surface area contributed by atoms with E-state index in [-0.39, 0.29) is 37.7 Å². The van der Waals surface area contributed by atoms with E-state index in [2.05, 4.69) is 5.32 Å². The molecule has 1 amide bonds. The quantitative estimate of drug-likeness (QED) is 0.485. The minimum absolute atomic E-state index is 0.0169. The van der Waals surface area contributed by atoms with Gasteiger partial charge in [0.15, 0.2) is 0 Å². The molecule has 0 aliphatic heterocycles. The number of hydrogen-bond acceptors (Lipinski definition) is 6. The van der Waals surface area contributed by atoms with Gasteiger partial charge in [0.25, 0.3) is 5.69 Å². The summed E-state index contributed by atoms with van der Waals surface area (Å²) in [6.07, 6.45) is 0.0169. The normalized spacial score (nSPS) is 10.1. The molecular weight excluding hydrogens is 306 g/mol. The summed E-state index contributed by atoms with van der Waals surface area (Å²) in [6, 6.07) is 6.10. The van der Waals surface area contributed by atoms with Crippen LogP contribution in [0.5, 0.6) is 0 Å². The molecule has 0 fully saturated rings. The van der Waals surface area contributed by atoms with Crippen molar-refractivity contribution in [2.45, 2.75) is 6.42 Å². The van der Waals surface area contributed by atoms with Crippen molar-refractivity contribution in [1.29, 1.82) is 0 Å². The Morgan fingerprint density at radius 1 is 1.39 bits per heavy atom. The standard InChI is InChI=1S/C14H19N3O6/c1-23-9-8-16(10-14(19)20)13(18)6-7-15-11-4-2-3-5-12(11)17(21)22/h2-5,15H,6-10H2,1H3,(H,19,20). The van der Waals surface area contributed by atoms with Crippen molar-refractivity contribution in [3.63, 3.8) is 0 Å². The Balaban J connectivity index is 2.57. The summed E-state index contributed by atoms with van der Waals surface area (Å²) in [6.45, 7) is 0.157. The number of nitrogens with one attached hydrogen (secondary N) is 1. The smallest absolute Gasteiger partial charge is 0.323 e. The zero-order chi connectivity index (χ0) is 17.2. The maximum absolute atomic E-state index is 12.0. The number of nitro groups is 1. The van der Waals surface area contributed by atoms with Crippen LogP contribution in [0.3, 0.4) is 0 Å². The van der Waals surface area contributed by atoms with Crippen molar-refractivity contribution in [3.8, 4) is 0 Å². The van der Waals surface area contributed by atoms with E-state index in [1.54, 1.807) is 18.2 Å². The monoisotopic (exact) mass is 325 g/mol. The van der Waals surface area contributed by atoms with Crippen LogP contribution in [-0.4, -0.2) is 60.2 Å². The molecule has 0 saturated heterocycles. The highest BCUT2D eigenvalue weighted by atomic mass is 16.6. The maximum atomic E-state index is 12.0. The second-order valence-corrected chi connectivity index (χ2v) is 4.65. The second kappa shape index (κ2) is 9.36. The molecule has 0 aliphatic carbocycles.